The lowest BCUT2D eigenvalue weighted by molar-refractivity contribution is 0.483. The number of rotatable bonds is 10. The van der Waals surface area contributed by atoms with Gasteiger partial charge in [-0.2, -0.15) is 28.6 Å². The molecule has 31 heavy (non-hydrogen) atoms. The third-order valence-electron chi connectivity index (χ3n) is 3.36. The lowest BCUT2D eigenvalue weighted by atomic mass is 10.3. The molecule has 6 N–H and O–H groups in total. The van der Waals surface area contributed by atoms with Crippen LogP contribution >= 0.6 is 0 Å². The zero-order chi connectivity index (χ0) is 22.5. The van der Waals surface area contributed by atoms with Gasteiger partial charge in [0.1, 0.15) is 0 Å². The fraction of sp³-hybridized carbons (Fsp3) is 0.231. The predicted octanol–water partition coefficient (Wildman–Crippen LogP) is -0.920. The first kappa shape index (κ1) is 22.2. The van der Waals surface area contributed by atoms with Gasteiger partial charge in [-0.15, -0.1) is 5.10 Å². The van der Waals surface area contributed by atoms with Crippen LogP contribution in [0.15, 0.2) is 29.2 Å². The normalized spacial score (nSPS) is 11.8. The van der Waals surface area contributed by atoms with E-state index < -0.39 is 20.1 Å². The highest BCUT2D eigenvalue weighted by molar-refractivity contribution is 7.88. The Morgan fingerprint density at radius 1 is 0.968 bits per heavy atom. The van der Waals surface area contributed by atoms with Crippen molar-refractivity contribution < 1.29 is 21.4 Å². The molecular weight excluding hydrogens is 454 g/mol. The number of benzene rings is 1. The average Bonchev–Trinajstić information content (AvgIpc) is 3.17. The van der Waals surface area contributed by atoms with Crippen molar-refractivity contribution in [3.63, 3.8) is 0 Å². The average molecular weight is 471 g/mol. The zero-order valence-electron chi connectivity index (χ0n) is 15.8. The predicted molar refractivity (Wildman–Crippen MR) is 108 cm³/mol. The van der Waals surface area contributed by atoms with Crippen LogP contribution in [0.4, 0.5) is 29.5 Å². The number of sulfonamides is 1. The number of tetrazole rings is 1. The zero-order valence-corrected chi connectivity index (χ0v) is 17.4. The standard InChI is InChI=1S/C13H17N11O5S2/c1-30(25,26)15-6-5-14-10-17-11(19-12(18-10)20-13-21-23-24-22-13)16-8-3-2-4-9(7-8)31(27,28)29/h2-4,7,15H,5-6H2,1H3,(H,27,28,29)(H4,14,16,17,18,19,20,21,22,23,24). The van der Waals surface area contributed by atoms with Crippen LogP contribution < -0.4 is 20.7 Å². The summed E-state index contributed by atoms with van der Waals surface area (Å²) >= 11 is 0. The summed E-state index contributed by atoms with van der Waals surface area (Å²) in [5, 5.41) is 21.4. The van der Waals surface area contributed by atoms with Gasteiger partial charge in [-0.25, -0.2) is 13.1 Å². The van der Waals surface area contributed by atoms with Gasteiger partial charge < -0.3 is 10.6 Å². The van der Waals surface area contributed by atoms with E-state index in [9.17, 15) is 21.4 Å². The fourth-order valence-corrected chi connectivity index (χ4v) is 3.15. The van der Waals surface area contributed by atoms with E-state index in [-0.39, 0.29) is 47.5 Å². The van der Waals surface area contributed by atoms with Crippen LogP contribution in [-0.2, 0) is 20.1 Å². The molecule has 166 valence electrons. The maximum Gasteiger partial charge on any atom is 0.294 e. The van der Waals surface area contributed by atoms with Crippen molar-refractivity contribution in [3.8, 4) is 0 Å². The molecule has 0 saturated carbocycles. The highest BCUT2D eigenvalue weighted by Gasteiger charge is 2.12. The molecule has 0 aliphatic carbocycles. The molecule has 0 aliphatic heterocycles. The minimum atomic E-state index is -4.40. The number of H-pyrrole nitrogens is 1. The van der Waals surface area contributed by atoms with Crippen LogP contribution in [0.1, 0.15) is 0 Å². The van der Waals surface area contributed by atoms with Crippen LogP contribution in [-0.4, -0.2) is 76.3 Å². The van der Waals surface area contributed by atoms with Gasteiger partial charge in [-0.1, -0.05) is 11.2 Å². The monoisotopic (exact) mass is 471 g/mol. The Bertz CT molecular complexity index is 1250. The third-order valence-corrected chi connectivity index (χ3v) is 4.94. The third kappa shape index (κ3) is 7.06. The molecule has 0 bridgehead atoms. The van der Waals surface area contributed by atoms with Gasteiger partial charge in [0.25, 0.3) is 16.1 Å². The Morgan fingerprint density at radius 2 is 1.68 bits per heavy atom. The summed E-state index contributed by atoms with van der Waals surface area (Å²) in [7, 11) is -7.75. The molecular formula is C13H17N11O5S2. The van der Waals surface area contributed by atoms with E-state index in [1.54, 1.807) is 0 Å². The van der Waals surface area contributed by atoms with Crippen LogP contribution in [0.5, 0.6) is 0 Å². The van der Waals surface area contributed by atoms with E-state index >= 15 is 0 Å². The Kier molecular flexibility index (Phi) is 6.53. The minimum absolute atomic E-state index is 0.00653. The van der Waals surface area contributed by atoms with Crippen LogP contribution in [0.3, 0.4) is 0 Å². The maximum absolute atomic E-state index is 11.3. The maximum atomic E-state index is 11.3. The number of anilines is 5. The first-order valence-electron chi connectivity index (χ1n) is 8.38. The fourth-order valence-electron chi connectivity index (χ4n) is 2.16. The quantitative estimate of drug-likeness (QED) is 0.155. The summed E-state index contributed by atoms with van der Waals surface area (Å²) in [6.07, 6.45) is 1.03. The van der Waals surface area contributed by atoms with Crippen LogP contribution in [0.2, 0.25) is 0 Å². The van der Waals surface area contributed by atoms with Gasteiger partial charge >= 0.3 is 0 Å². The lowest BCUT2D eigenvalue weighted by Crippen LogP contribution is -2.28. The summed E-state index contributed by atoms with van der Waals surface area (Å²) in [5.74, 6) is 0.176. The van der Waals surface area contributed by atoms with E-state index in [0.717, 1.165) is 6.26 Å². The van der Waals surface area contributed by atoms with Gasteiger partial charge in [0, 0.05) is 18.8 Å². The molecule has 0 radical (unpaired) electrons. The molecule has 1 aromatic carbocycles. The summed E-state index contributed by atoms with van der Waals surface area (Å²) < 4.78 is 56.5. The molecule has 3 aromatic rings. The number of nitrogens with zero attached hydrogens (tertiary/aromatic N) is 6. The van der Waals surface area contributed by atoms with E-state index in [4.69, 9.17) is 0 Å². The van der Waals surface area contributed by atoms with Crippen molar-refractivity contribution in [2.45, 2.75) is 4.90 Å². The molecule has 2 aromatic heterocycles. The van der Waals surface area contributed by atoms with Gasteiger partial charge in [0.2, 0.25) is 27.9 Å². The Labute approximate surface area is 176 Å². The molecule has 16 nitrogen and oxygen atoms in total. The molecule has 0 unspecified atom stereocenters. The minimum Gasteiger partial charge on any atom is -0.353 e. The summed E-state index contributed by atoms with van der Waals surface area (Å²) in [6, 6.07) is 5.36. The second kappa shape index (κ2) is 9.12. The van der Waals surface area contributed by atoms with Crippen molar-refractivity contribution in [1.82, 2.24) is 40.3 Å². The lowest BCUT2D eigenvalue weighted by Gasteiger charge is -2.11. The second-order valence-corrected chi connectivity index (χ2v) is 9.14. The SMILES string of the molecule is CS(=O)(=O)NCCNc1nc(Nc2cccc(S(=O)(=O)O)c2)nc(Nc2nn[nH]n2)n1. The van der Waals surface area contributed by atoms with Crippen molar-refractivity contribution >= 4 is 49.6 Å². The Morgan fingerprint density at radius 3 is 2.32 bits per heavy atom. The molecule has 3 rings (SSSR count). The summed E-state index contributed by atoms with van der Waals surface area (Å²) in [5.41, 5.74) is 0.275. The molecule has 0 amide bonds. The first-order valence-corrected chi connectivity index (χ1v) is 11.7. The largest absolute Gasteiger partial charge is 0.353 e. The smallest absolute Gasteiger partial charge is 0.294 e. The van der Waals surface area contributed by atoms with Crippen molar-refractivity contribution in [3.05, 3.63) is 24.3 Å². The summed E-state index contributed by atoms with van der Waals surface area (Å²) in [4.78, 5) is 12.1. The molecule has 0 atom stereocenters. The van der Waals surface area contributed by atoms with E-state index in [2.05, 4.69) is 56.2 Å². The van der Waals surface area contributed by atoms with Gasteiger partial charge in [0.15, 0.2) is 0 Å². The van der Waals surface area contributed by atoms with Crippen molar-refractivity contribution in [1.29, 1.82) is 0 Å². The molecule has 0 aliphatic rings. The molecule has 0 fully saturated rings. The molecule has 18 heteroatoms. The van der Waals surface area contributed by atoms with Crippen molar-refractivity contribution in [2.24, 2.45) is 0 Å². The number of aromatic amines is 1. The molecule has 0 saturated heterocycles. The van der Waals surface area contributed by atoms with Crippen molar-refractivity contribution in [2.75, 3.05) is 35.3 Å². The highest BCUT2D eigenvalue weighted by atomic mass is 32.2. The molecule has 2 heterocycles. The number of hydrogen-bond donors (Lipinski definition) is 6. The topological polar surface area (TPSA) is 230 Å². The summed E-state index contributed by atoms with van der Waals surface area (Å²) in [6.45, 7) is 0.244. The first-order chi connectivity index (χ1) is 14.6. The van der Waals surface area contributed by atoms with Gasteiger partial charge in [-0.3, -0.25) is 9.87 Å². The Balaban J connectivity index is 1.82. The van der Waals surface area contributed by atoms with E-state index in [0.29, 0.717) is 0 Å². The molecule has 0 spiro atoms. The Hall–Kier alpha value is -3.48. The second-order valence-electron chi connectivity index (χ2n) is 5.89. The number of aromatic nitrogens is 7. The van der Waals surface area contributed by atoms with Gasteiger partial charge in [0.05, 0.1) is 11.2 Å². The number of hydrogen-bond acceptors (Lipinski definition) is 13. The highest BCUT2D eigenvalue weighted by Crippen LogP contribution is 2.20. The van der Waals surface area contributed by atoms with Gasteiger partial charge in [-0.05, 0) is 23.4 Å². The van der Waals surface area contributed by atoms with E-state index in [1.165, 1.54) is 24.3 Å². The van der Waals surface area contributed by atoms with E-state index in [1.807, 2.05) is 0 Å². The van der Waals surface area contributed by atoms with Crippen LogP contribution in [0, 0.1) is 0 Å². The number of nitrogens with one attached hydrogen (secondary N) is 5. The van der Waals surface area contributed by atoms with Crippen LogP contribution in [0.25, 0.3) is 0 Å².